The second-order valence-electron chi connectivity index (χ2n) is 5.31. The van der Waals surface area contributed by atoms with Gasteiger partial charge in [0.25, 0.3) is 0 Å². The highest BCUT2D eigenvalue weighted by atomic mass is 35.5. The van der Waals surface area contributed by atoms with E-state index in [0.717, 1.165) is 17.9 Å². The van der Waals surface area contributed by atoms with Gasteiger partial charge in [-0.1, -0.05) is 37.6 Å². The fourth-order valence-electron chi connectivity index (χ4n) is 1.93. The van der Waals surface area contributed by atoms with E-state index in [1.807, 2.05) is 19.1 Å². The first-order valence-electron chi connectivity index (χ1n) is 6.91. The fourth-order valence-corrected chi connectivity index (χ4v) is 2.14. The van der Waals surface area contributed by atoms with Crippen LogP contribution in [0.5, 0.6) is 11.5 Å². The highest BCUT2D eigenvalue weighted by Gasteiger charge is 2.07. The standard InChI is InChI=1S/C17H19ClFNO/c1-11(2)20-10-13-4-6-16(12(3)8-13)21-17-7-5-14(19)9-15(17)18/h4-9,11,20H,10H2,1-3H3. The van der Waals surface area contributed by atoms with E-state index >= 15 is 0 Å². The lowest BCUT2D eigenvalue weighted by atomic mass is 10.1. The number of hydrogen-bond acceptors (Lipinski definition) is 2. The van der Waals surface area contributed by atoms with Crippen molar-refractivity contribution >= 4 is 11.6 Å². The van der Waals surface area contributed by atoms with Crippen molar-refractivity contribution in [2.45, 2.75) is 33.4 Å². The Morgan fingerprint density at radius 1 is 1.14 bits per heavy atom. The lowest BCUT2D eigenvalue weighted by Gasteiger charge is -2.13. The van der Waals surface area contributed by atoms with Gasteiger partial charge in [-0.2, -0.15) is 0 Å². The summed E-state index contributed by atoms with van der Waals surface area (Å²) < 4.78 is 18.8. The summed E-state index contributed by atoms with van der Waals surface area (Å²) in [6.45, 7) is 7.02. The van der Waals surface area contributed by atoms with E-state index in [9.17, 15) is 4.39 Å². The third-order valence-electron chi connectivity index (χ3n) is 3.07. The zero-order chi connectivity index (χ0) is 15.4. The van der Waals surface area contributed by atoms with Crippen LogP contribution in [0.1, 0.15) is 25.0 Å². The van der Waals surface area contributed by atoms with E-state index in [1.165, 1.54) is 23.8 Å². The van der Waals surface area contributed by atoms with Gasteiger partial charge in [0.2, 0.25) is 0 Å². The van der Waals surface area contributed by atoms with E-state index in [-0.39, 0.29) is 10.8 Å². The first-order valence-corrected chi connectivity index (χ1v) is 7.29. The molecule has 0 aliphatic rings. The van der Waals surface area contributed by atoms with E-state index < -0.39 is 0 Å². The topological polar surface area (TPSA) is 21.3 Å². The summed E-state index contributed by atoms with van der Waals surface area (Å²) in [5.74, 6) is 0.796. The second-order valence-corrected chi connectivity index (χ2v) is 5.72. The molecule has 0 saturated carbocycles. The van der Waals surface area contributed by atoms with Crippen LogP contribution in [-0.2, 0) is 6.54 Å². The molecule has 0 aromatic heterocycles. The number of rotatable bonds is 5. The van der Waals surface area contributed by atoms with Crippen LogP contribution in [0.2, 0.25) is 5.02 Å². The van der Waals surface area contributed by atoms with Crippen LogP contribution < -0.4 is 10.1 Å². The predicted molar refractivity (Wildman–Crippen MR) is 84.6 cm³/mol. The molecule has 0 radical (unpaired) electrons. The Balaban J connectivity index is 2.13. The number of aryl methyl sites for hydroxylation is 1. The number of halogens is 2. The third-order valence-corrected chi connectivity index (χ3v) is 3.36. The molecule has 2 aromatic rings. The maximum Gasteiger partial charge on any atom is 0.146 e. The van der Waals surface area contributed by atoms with Crippen molar-refractivity contribution in [2.24, 2.45) is 0 Å². The molecule has 1 N–H and O–H groups in total. The van der Waals surface area contributed by atoms with Crippen LogP contribution in [-0.4, -0.2) is 6.04 Å². The van der Waals surface area contributed by atoms with E-state index in [4.69, 9.17) is 16.3 Å². The van der Waals surface area contributed by atoms with Gasteiger partial charge in [0.05, 0.1) is 5.02 Å². The molecule has 2 rings (SSSR count). The van der Waals surface area contributed by atoms with Crippen molar-refractivity contribution in [3.63, 3.8) is 0 Å². The maximum absolute atomic E-state index is 13.0. The predicted octanol–water partition coefficient (Wildman–Crippen LogP) is 5.08. The van der Waals surface area contributed by atoms with Crippen LogP contribution in [0.3, 0.4) is 0 Å². The Morgan fingerprint density at radius 3 is 2.48 bits per heavy atom. The average Bonchev–Trinajstić information content (AvgIpc) is 2.42. The van der Waals surface area contributed by atoms with Gasteiger partial charge in [-0.3, -0.25) is 0 Å². The fraction of sp³-hybridized carbons (Fsp3) is 0.294. The molecule has 0 heterocycles. The van der Waals surface area contributed by atoms with Crippen molar-refractivity contribution in [1.29, 1.82) is 0 Å². The smallest absolute Gasteiger partial charge is 0.146 e. The molecule has 0 aliphatic heterocycles. The Hall–Kier alpha value is -1.58. The first kappa shape index (κ1) is 15.8. The Labute approximate surface area is 129 Å². The van der Waals surface area contributed by atoms with Crippen LogP contribution in [0.25, 0.3) is 0 Å². The van der Waals surface area contributed by atoms with Gasteiger partial charge >= 0.3 is 0 Å². The molecular weight excluding hydrogens is 289 g/mol. The molecule has 2 nitrogen and oxygen atoms in total. The molecule has 0 atom stereocenters. The molecule has 0 amide bonds. The zero-order valence-corrected chi connectivity index (χ0v) is 13.2. The van der Waals surface area contributed by atoms with Crippen molar-refractivity contribution in [3.8, 4) is 11.5 Å². The summed E-state index contributed by atoms with van der Waals surface area (Å²) >= 11 is 5.97. The minimum absolute atomic E-state index is 0.264. The minimum Gasteiger partial charge on any atom is -0.456 e. The summed E-state index contributed by atoms with van der Waals surface area (Å²) in [5.41, 5.74) is 2.21. The Morgan fingerprint density at radius 2 is 1.86 bits per heavy atom. The van der Waals surface area contributed by atoms with Crippen LogP contribution >= 0.6 is 11.6 Å². The van der Waals surface area contributed by atoms with Crippen molar-refractivity contribution in [1.82, 2.24) is 5.32 Å². The summed E-state index contributed by atoms with van der Waals surface area (Å²) in [5, 5.41) is 3.63. The van der Waals surface area contributed by atoms with Gasteiger partial charge < -0.3 is 10.1 Å². The quantitative estimate of drug-likeness (QED) is 0.832. The molecule has 0 fully saturated rings. The van der Waals surface area contributed by atoms with Crippen molar-refractivity contribution < 1.29 is 9.13 Å². The lowest BCUT2D eigenvalue weighted by molar-refractivity contribution is 0.476. The van der Waals surface area contributed by atoms with Crippen LogP contribution in [0.15, 0.2) is 36.4 Å². The molecule has 112 valence electrons. The highest BCUT2D eigenvalue weighted by molar-refractivity contribution is 6.32. The van der Waals surface area contributed by atoms with Crippen LogP contribution in [0.4, 0.5) is 4.39 Å². The SMILES string of the molecule is Cc1cc(CNC(C)C)ccc1Oc1ccc(F)cc1Cl. The lowest BCUT2D eigenvalue weighted by Crippen LogP contribution is -2.21. The van der Waals surface area contributed by atoms with Gasteiger partial charge in [0.15, 0.2) is 0 Å². The molecule has 0 unspecified atom stereocenters. The van der Waals surface area contributed by atoms with E-state index in [2.05, 4.69) is 25.2 Å². The average molecular weight is 308 g/mol. The van der Waals surface area contributed by atoms with Gasteiger partial charge in [-0.05, 0) is 42.3 Å². The molecule has 0 saturated heterocycles. The van der Waals surface area contributed by atoms with Gasteiger partial charge in [-0.15, -0.1) is 0 Å². The summed E-state index contributed by atoms with van der Waals surface area (Å²) in [7, 11) is 0. The molecule has 0 spiro atoms. The number of nitrogens with one attached hydrogen (secondary N) is 1. The van der Waals surface area contributed by atoms with E-state index in [1.54, 1.807) is 0 Å². The molecule has 21 heavy (non-hydrogen) atoms. The molecular formula is C17H19ClFNO. The Bertz CT molecular complexity index is 628. The summed E-state index contributed by atoms with van der Waals surface area (Å²) in [6.07, 6.45) is 0. The largest absolute Gasteiger partial charge is 0.456 e. The second kappa shape index (κ2) is 6.92. The monoisotopic (exact) mass is 307 g/mol. The van der Waals surface area contributed by atoms with Gasteiger partial charge in [0, 0.05) is 12.6 Å². The molecule has 0 aliphatic carbocycles. The highest BCUT2D eigenvalue weighted by Crippen LogP contribution is 2.31. The van der Waals surface area contributed by atoms with Gasteiger partial charge in [-0.25, -0.2) is 4.39 Å². The molecule has 2 aromatic carbocycles. The third kappa shape index (κ3) is 4.45. The first-order chi connectivity index (χ1) is 9.95. The summed E-state index contributed by atoms with van der Waals surface area (Å²) in [4.78, 5) is 0. The van der Waals surface area contributed by atoms with Crippen molar-refractivity contribution in [2.75, 3.05) is 0 Å². The normalized spacial score (nSPS) is 11.0. The zero-order valence-electron chi connectivity index (χ0n) is 12.4. The Kier molecular flexibility index (Phi) is 5.21. The maximum atomic E-state index is 13.0. The number of hydrogen-bond donors (Lipinski definition) is 1. The summed E-state index contributed by atoms with van der Waals surface area (Å²) in [6, 6.07) is 10.5. The van der Waals surface area contributed by atoms with Crippen LogP contribution in [0, 0.1) is 12.7 Å². The number of ether oxygens (including phenoxy) is 1. The van der Waals surface area contributed by atoms with Crippen molar-refractivity contribution in [3.05, 3.63) is 58.4 Å². The van der Waals surface area contributed by atoms with Gasteiger partial charge in [0.1, 0.15) is 17.3 Å². The van der Waals surface area contributed by atoms with E-state index in [0.29, 0.717) is 11.8 Å². The molecule has 0 bridgehead atoms. The number of benzene rings is 2. The molecule has 4 heteroatoms. The minimum atomic E-state index is -0.376.